The number of alkyl halides is 3. The highest BCUT2D eigenvalue weighted by Gasteiger charge is 2.40. The highest BCUT2D eigenvalue weighted by atomic mass is 19.4. The lowest BCUT2D eigenvalue weighted by Gasteiger charge is -2.30. The van der Waals surface area contributed by atoms with Gasteiger partial charge < -0.3 is 24.4 Å². The summed E-state index contributed by atoms with van der Waals surface area (Å²) in [5.41, 5.74) is 0.220. The summed E-state index contributed by atoms with van der Waals surface area (Å²) in [6.07, 6.45) is -3.04. The predicted molar refractivity (Wildman–Crippen MR) is 95.8 cm³/mol. The third-order valence-corrected chi connectivity index (χ3v) is 4.85. The number of rotatable bonds is 8. The molecule has 1 aromatic carbocycles. The third kappa shape index (κ3) is 5.77. The Morgan fingerprint density at radius 2 is 1.93 bits per heavy atom. The number of benzene rings is 1. The monoisotopic (exact) mass is 430 g/mol. The maximum Gasteiger partial charge on any atom is 0.406 e. The van der Waals surface area contributed by atoms with E-state index in [-0.39, 0.29) is 18.3 Å². The van der Waals surface area contributed by atoms with Gasteiger partial charge in [-0.1, -0.05) is 0 Å². The van der Waals surface area contributed by atoms with Gasteiger partial charge in [0, 0.05) is 11.6 Å². The second-order valence-corrected chi connectivity index (χ2v) is 7.13. The summed E-state index contributed by atoms with van der Waals surface area (Å²) in [5.74, 6) is -1.55. The Bertz CT molecular complexity index is 825. The van der Waals surface area contributed by atoms with Gasteiger partial charge in [0.1, 0.15) is 13.1 Å². The Morgan fingerprint density at radius 3 is 2.60 bits per heavy atom. The van der Waals surface area contributed by atoms with E-state index in [0.29, 0.717) is 16.4 Å². The van der Waals surface area contributed by atoms with Crippen molar-refractivity contribution in [1.82, 2.24) is 10.2 Å². The fourth-order valence-electron chi connectivity index (χ4n) is 3.05. The van der Waals surface area contributed by atoms with E-state index in [2.05, 4.69) is 5.32 Å². The van der Waals surface area contributed by atoms with Crippen molar-refractivity contribution < 1.29 is 41.8 Å². The summed E-state index contributed by atoms with van der Waals surface area (Å²) in [7, 11) is 0. The van der Waals surface area contributed by atoms with Crippen LogP contribution in [0.5, 0.6) is 11.5 Å². The Morgan fingerprint density at radius 1 is 1.23 bits per heavy atom. The maximum absolute atomic E-state index is 12.8. The molecule has 0 aromatic heterocycles. The predicted octanol–water partition coefficient (Wildman–Crippen LogP) is 1.88. The van der Waals surface area contributed by atoms with E-state index < -0.39 is 49.7 Å². The normalized spacial score (nSPS) is 16.0. The number of nitrogens with zero attached hydrogens (tertiary/aromatic N) is 1. The van der Waals surface area contributed by atoms with Gasteiger partial charge in [-0.25, -0.2) is 0 Å². The molecule has 2 amide bonds. The molecule has 2 aliphatic rings. The van der Waals surface area contributed by atoms with Gasteiger partial charge in [-0.15, -0.1) is 0 Å². The quantitative estimate of drug-likeness (QED) is 0.633. The van der Waals surface area contributed by atoms with Gasteiger partial charge >= 0.3 is 12.1 Å². The van der Waals surface area contributed by atoms with Gasteiger partial charge in [0.2, 0.25) is 6.79 Å². The van der Waals surface area contributed by atoms with E-state index in [0.717, 1.165) is 12.8 Å². The molecule has 30 heavy (non-hydrogen) atoms. The van der Waals surface area contributed by atoms with Crippen molar-refractivity contribution in [3.05, 3.63) is 23.8 Å². The molecule has 11 heteroatoms. The Kier molecular flexibility index (Phi) is 6.37. The Balaban J connectivity index is 1.46. The SMILES string of the molecule is C[C@@H](C1CC1)N(CC(F)(F)F)C(=O)COC(=O)CNC(=O)c1ccc2c(c1)OCO2. The first kappa shape index (κ1) is 21.7. The zero-order chi connectivity index (χ0) is 21.9. The number of carbonyl (C=O) groups excluding carboxylic acids is 3. The van der Waals surface area contributed by atoms with Crippen molar-refractivity contribution in [3.63, 3.8) is 0 Å². The first-order valence-electron chi connectivity index (χ1n) is 9.34. The number of fused-ring (bicyclic) bond motifs is 1. The van der Waals surface area contributed by atoms with Crippen LogP contribution in [0.1, 0.15) is 30.1 Å². The second-order valence-electron chi connectivity index (χ2n) is 7.13. The topological polar surface area (TPSA) is 94.2 Å². The van der Waals surface area contributed by atoms with E-state index >= 15 is 0 Å². The molecule has 164 valence electrons. The molecular formula is C19H21F3N2O6. The van der Waals surface area contributed by atoms with Crippen LogP contribution in [0, 0.1) is 5.92 Å². The summed E-state index contributed by atoms with van der Waals surface area (Å²) >= 11 is 0. The highest BCUT2D eigenvalue weighted by molar-refractivity contribution is 5.96. The molecule has 0 spiro atoms. The number of ether oxygens (including phenoxy) is 3. The van der Waals surface area contributed by atoms with Crippen LogP contribution in [-0.2, 0) is 14.3 Å². The summed E-state index contributed by atoms with van der Waals surface area (Å²) < 4.78 is 53.4. The van der Waals surface area contributed by atoms with Crippen molar-refractivity contribution in [1.29, 1.82) is 0 Å². The van der Waals surface area contributed by atoms with Crippen LogP contribution < -0.4 is 14.8 Å². The van der Waals surface area contributed by atoms with Gasteiger partial charge in [0.15, 0.2) is 18.1 Å². The number of hydrogen-bond acceptors (Lipinski definition) is 6. The average molecular weight is 430 g/mol. The highest BCUT2D eigenvalue weighted by Crippen LogP contribution is 2.36. The Labute approximate surface area is 170 Å². The van der Waals surface area contributed by atoms with Crippen LogP contribution in [0.3, 0.4) is 0 Å². The minimum absolute atomic E-state index is 0.0213. The van der Waals surface area contributed by atoms with E-state index in [4.69, 9.17) is 14.2 Å². The third-order valence-electron chi connectivity index (χ3n) is 4.85. The largest absolute Gasteiger partial charge is 0.454 e. The minimum Gasteiger partial charge on any atom is -0.454 e. The number of esters is 1. The molecular weight excluding hydrogens is 409 g/mol. The average Bonchev–Trinajstić information content (AvgIpc) is 3.44. The van der Waals surface area contributed by atoms with E-state index in [9.17, 15) is 27.6 Å². The second kappa shape index (κ2) is 8.80. The fraction of sp³-hybridized carbons (Fsp3) is 0.526. The molecule has 1 aliphatic carbocycles. The number of amides is 2. The molecule has 0 saturated heterocycles. The van der Waals surface area contributed by atoms with Crippen LogP contribution in [-0.4, -0.2) is 61.4 Å². The van der Waals surface area contributed by atoms with Crippen LogP contribution in [0.25, 0.3) is 0 Å². The van der Waals surface area contributed by atoms with Gasteiger partial charge in [-0.3, -0.25) is 14.4 Å². The van der Waals surface area contributed by atoms with E-state index in [1.165, 1.54) is 12.1 Å². The van der Waals surface area contributed by atoms with Crippen LogP contribution >= 0.6 is 0 Å². The number of halogens is 3. The smallest absolute Gasteiger partial charge is 0.406 e. The van der Waals surface area contributed by atoms with Gasteiger partial charge in [0.25, 0.3) is 11.8 Å². The minimum atomic E-state index is -4.55. The number of nitrogens with one attached hydrogen (secondary N) is 1. The molecule has 1 heterocycles. The Hall–Kier alpha value is -2.98. The van der Waals surface area contributed by atoms with Gasteiger partial charge in [-0.05, 0) is 43.9 Å². The van der Waals surface area contributed by atoms with Crippen molar-refractivity contribution in [3.8, 4) is 11.5 Å². The summed E-state index contributed by atoms with van der Waals surface area (Å²) in [6.45, 7) is -1.17. The first-order valence-corrected chi connectivity index (χ1v) is 9.34. The zero-order valence-electron chi connectivity index (χ0n) is 16.2. The summed E-state index contributed by atoms with van der Waals surface area (Å²) in [4.78, 5) is 36.8. The zero-order valence-corrected chi connectivity index (χ0v) is 16.2. The first-order chi connectivity index (χ1) is 14.1. The molecule has 1 fully saturated rings. The van der Waals surface area contributed by atoms with E-state index in [1.54, 1.807) is 13.0 Å². The van der Waals surface area contributed by atoms with Crippen molar-refractivity contribution in [2.24, 2.45) is 5.92 Å². The van der Waals surface area contributed by atoms with Gasteiger partial charge in [0.05, 0.1) is 0 Å². The van der Waals surface area contributed by atoms with Crippen LogP contribution in [0.15, 0.2) is 18.2 Å². The van der Waals surface area contributed by atoms with Crippen molar-refractivity contribution >= 4 is 17.8 Å². The molecule has 1 aromatic rings. The number of hydrogen-bond donors (Lipinski definition) is 1. The van der Waals surface area contributed by atoms with Gasteiger partial charge in [-0.2, -0.15) is 13.2 Å². The molecule has 8 nitrogen and oxygen atoms in total. The van der Waals surface area contributed by atoms with E-state index in [1.807, 2.05) is 0 Å². The molecule has 0 radical (unpaired) electrons. The standard InChI is InChI=1S/C19H21F3N2O6/c1-11(12-2-3-12)24(9-19(20,21)22)16(25)8-28-17(26)7-23-18(27)13-4-5-14-15(6-13)30-10-29-14/h4-6,11-12H,2-3,7-10H2,1H3,(H,23,27)/t11-/m0/s1. The molecule has 1 atom stereocenters. The fourth-order valence-corrected chi connectivity index (χ4v) is 3.05. The molecule has 0 unspecified atom stereocenters. The lowest BCUT2D eigenvalue weighted by Crippen LogP contribution is -2.47. The summed E-state index contributed by atoms with van der Waals surface area (Å²) in [5, 5.41) is 2.32. The van der Waals surface area contributed by atoms with Crippen molar-refractivity contribution in [2.75, 3.05) is 26.5 Å². The van der Waals surface area contributed by atoms with Crippen LogP contribution in [0.2, 0.25) is 0 Å². The number of carbonyl (C=O) groups is 3. The maximum atomic E-state index is 12.8. The lowest BCUT2D eigenvalue weighted by molar-refractivity contribution is -0.170. The molecule has 1 N–H and O–H groups in total. The lowest BCUT2D eigenvalue weighted by atomic mass is 10.2. The molecule has 3 rings (SSSR count). The molecule has 1 aliphatic heterocycles. The summed E-state index contributed by atoms with van der Waals surface area (Å²) in [6, 6.07) is 3.88. The molecule has 0 bridgehead atoms. The van der Waals surface area contributed by atoms with Crippen LogP contribution in [0.4, 0.5) is 13.2 Å². The molecule has 1 saturated carbocycles. The van der Waals surface area contributed by atoms with Crippen molar-refractivity contribution in [2.45, 2.75) is 32.0 Å².